The molecule has 0 radical (unpaired) electrons. The molecule has 9 heteroatoms. The largest absolute Gasteiger partial charge is 0.854 e. The highest BCUT2D eigenvalue weighted by Crippen LogP contribution is 2.42. The van der Waals surface area contributed by atoms with Crippen LogP contribution in [0.15, 0.2) is 66.3 Å². The van der Waals surface area contributed by atoms with Crippen LogP contribution in [-0.2, 0) is 9.59 Å². The van der Waals surface area contributed by atoms with Crippen LogP contribution in [0.25, 0.3) is 11.3 Å². The van der Waals surface area contributed by atoms with Crippen molar-refractivity contribution in [3.63, 3.8) is 0 Å². The summed E-state index contributed by atoms with van der Waals surface area (Å²) in [5.41, 5.74) is 1.86. The monoisotopic (exact) mass is 448 g/mol. The Labute approximate surface area is 189 Å². The number of fused-ring (bicyclic) bond motifs is 3. The number of aromatic nitrogens is 3. The lowest BCUT2D eigenvalue weighted by molar-refractivity contribution is -0.764. The molecule has 0 N–H and O–H groups in total. The third kappa shape index (κ3) is 3.82. The first-order valence-corrected chi connectivity index (χ1v) is 10.8. The molecule has 1 aromatic heterocycles. The Morgan fingerprint density at radius 1 is 1.22 bits per heavy atom. The summed E-state index contributed by atoms with van der Waals surface area (Å²) in [7, 11) is 0. The first-order valence-electron chi connectivity index (χ1n) is 9.83. The van der Waals surface area contributed by atoms with Crippen molar-refractivity contribution in [3.05, 3.63) is 66.7 Å². The maximum absolute atomic E-state index is 13.1. The first kappa shape index (κ1) is 21.5. The van der Waals surface area contributed by atoms with Crippen molar-refractivity contribution in [3.8, 4) is 22.9 Å². The molecule has 162 valence electrons. The minimum atomic E-state index is -0.855. The number of carbonyl (C=O) groups excluding carboxylic acids is 2. The number of esters is 1. The Hall–Kier alpha value is -3.72. The van der Waals surface area contributed by atoms with Gasteiger partial charge in [0.2, 0.25) is 5.91 Å². The van der Waals surface area contributed by atoms with Crippen LogP contribution in [0.1, 0.15) is 25.6 Å². The van der Waals surface area contributed by atoms with Gasteiger partial charge >= 0.3 is 5.97 Å². The van der Waals surface area contributed by atoms with E-state index in [1.165, 1.54) is 30.3 Å². The Kier molecular flexibility index (Phi) is 5.91. The van der Waals surface area contributed by atoms with Crippen molar-refractivity contribution in [2.75, 3.05) is 10.7 Å². The van der Waals surface area contributed by atoms with E-state index in [1.807, 2.05) is 0 Å². The first-order chi connectivity index (χ1) is 15.4. The predicted molar refractivity (Wildman–Crippen MR) is 117 cm³/mol. The molecular weight excluding hydrogens is 428 g/mol. The Morgan fingerprint density at radius 3 is 2.66 bits per heavy atom. The summed E-state index contributed by atoms with van der Waals surface area (Å²) in [6.45, 7) is 6.43. The van der Waals surface area contributed by atoms with E-state index < -0.39 is 18.0 Å². The van der Waals surface area contributed by atoms with E-state index in [9.17, 15) is 14.7 Å². The standard InChI is InChI=1S/C23H20N4O4S/c1-4-13-32-23-24-21(30)20-16-9-5-7-11-18(16)26(14(2)28)22(27(20)25-23)17-10-6-8-12-19(17)31-15(3)29/h4-12,22H,1,13H2,2-3H3. The van der Waals surface area contributed by atoms with Gasteiger partial charge in [0, 0.05) is 24.7 Å². The Balaban J connectivity index is 2.04. The number of carbonyl (C=O) groups is 2. The zero-order valence-electron chi connectivity index (χ0n) is 17.5. The third-order valence-electron chi connectivity index (χ3n) is 4.84. The Bertz CT molecular complexity index is 1230. The molecule has 0 fully saturated rings. The molecule has 0 saturated carbocycles. The average molecular weight is 449 g/mol. The van der Waals surface area contributed by atoms with Gasteiger partial charge in [-0.1, -0.05) is 46.8 Å². The van der Waals surface area contributed by atoms with Crippen LogP contribution in [-0.4, -0.2) is 27.7 Å². The number of rotatable bonds is 5. The van der Waals surface area contributed by atoms with E-state index >= 15 is 0 Å². The number of para-hydroxylation sites is 2. The highest BCUT2D eigenvalue weighted by atomic mass is 32.2. The third-order valence-corrected chi connectivity index (χ3v) is 5.67. The van der Waals surface area contributed by atoms with E-state index in [4.69, 9.17) is 4.74 Å². The van der Waals surface area contributed by atoms with Crippen molar-refractivity contribution in [1.29, 1.82) is 0 Å². The van der Waals surface area contributed by atoms with Gasteiger partial charge in [0.05, 0.1) is 22.7 Å². The molecule has 0 spiro atoms. The lowest BCUT2D eigenvalue weighted by Gasteiger charge is -2.33. The molecule has 2 heterocycles. The van der Waals surface area contributed by atoms with Crippen LogP contribution in [0.3, 0.4) is 0 Å². The lowest BCUT2D eigenvalue weighted by Crippen LogP contribution is -2.58. The van der Waals surface area contributed by atoms with E-state index in [0.29, 0.717) is 22.6 Å². The van der Waals surface area contributed by atoms with Gasteiger partial charge in [-0.15, -0.1) is 6.58 Å². The van der Waals surface area contributed by atoms with Crippen LogP contribution in [0.4, 0.5) is 5.69 Å². The molecule has 8 nitrogen and oxygen atoms in total. The number of amides is 1. The van der Waals surface area contributed by atoms with Crippen LogP contribution in [0.2, 0.25) is 0 Å². The molecule has 1 atom stereocenters. The number of hydrogen-bond donors (Lipinski definition) is 0. The molecule has 1 aliphatic rings. The highest BCUT2D eigenvalue weighted by Gasteiger charge is 2.45. The zero-order chi connectivity index (χ0) is 22.8. The van der Waals surface area contributed by atoms with Gasteiger partial charge in [-0.3, -0.25) is 9.59 Å². The molecule has 1 amide bonds. The summed E-state index contributed by atoms with van der Waals surface area (Å²) in [4.78, 5) is 30.3. The topological polar surface area (TPSA) is 99.3 Å². The van der Waals surface area contributed by atoms with Crippen molar-refractivity contribution in [1.82, 2.24) is 10.1 Å². The van der Waals surface area contributed by atoms with Crippen molar-refractivity contribution in [2.45, 2.75) is 25.2 Å². The molecule has 0 bridgehead atoms. The fourth-order valence-electron chi connectivity index (χ4n) is 3.69. The maximum atomic E-state index is 13.1. The lowest BCUT2D eigenvalue weighted by atomic mass is 10.0. The average Bonchev–Trinajstić information content (AvgIpc) is 2.76. The molecule has 2 aromatic carbocycles. The molecule has 32 heavy (non-hydrogen) atoms. The second-order valence-corrected chi connectivity index (χ2v) is 7.99. The second-order valence-electron chi connectivity index (χ2n) is 7.00. The Morgan fingerprint density at radius 2 is 1.94 bits per heavy atom. The van der Waals surface area contributed by atoms with Gasteiger partial charge in [0.25, 0.3) is 17.0 Å². The van der Waals surface area contributed by atoms with Crippen LogP contribution >= 0.6 is 11.8 Å². The number of anilines is 1. The molecule has 1 unspecified atom stereocenters. The van der Waals surface area contributed by atoms with E-state index in [0.717, 1.165) is 0 Å². The second kappa shape index (κ2) is 8.80. The van der Waals surface area contributed by atoms with Gasteiger partial charge < -0.3 is 9.84 Å². The summed E-state index contributed by atoms with van der Waals surface area (Å²) < 4.78 is 6.92. The van der Waals surface area contributed by atoms with E-state index in [1.54, 1.807) is 59.5 Å². The molecule has 3 aromatic rings. The van der Waals surface area contributed by atoms with Gasteiger partial charge in [-0.05, 0) is 24.3 Å². The fourth-order valence-corrected chi connectivity index (χ4v) is 4.25. The summed E-state index contributed by atoms with van der Waals surface area (Å²) in [5, 5.41) is 18.0. The van der Waals surface area contributed by atoms with Gasteiger partial charge in [-0.25, -0.2) is 9.88 Å². The summed E-state index contributed by atoms with van der Waals surface area (Å²) >= 11 is 1.26. The van der Waals surface area contributed by atoms with Gasteiger partial charge in [0.1, 0.15) is 5.75 Å². The minimum absolute atomic E-state index is 0.253. The van der Waals surface area contributed by atoms with Crippen LogP contribution < -0.4 is 19.4 Å². The zero-order valence-corrected chi connectivity index (χ0v) is 18.3. The van der Waals surface area contributed by atoms with E-state index in [2.05, 4.69) is 16.7 Å². The quantitative estimate of drug-likeness (QED) is 0.194. The predicted octanol–water partition coefficient (Wildman–Crippen LogP) is 2.62. The SMILES string of the molecule is C=CCSc1nc([O-])c2[n+](n1)C(c1ccccc1OC(C)=O)N(C(C)=O)c1ccccc1-2. The highest BCUT2D eigenvalue weighted by molar-refractivity contribution is 7.99. The molecule has 0 saturated heterocycles. The van der Waals surface area contributed by atoms with E-state index in [-0.39, 0.29) is 22.5 Å². The molecule has 4 rings (SSSR count). The minimum Gasteiger partial charge on any atom is -0.854 e. The number of nitrogens with zero attached hydrogens (tertiary/aromatic N) is 4. The van der Waals surface area contributed by atoms with Gasteiger partial charge in [-0.2, -0.15) is 0 Å². The van der Waals surface area contributed by atoms with Crippen molar-refractivity contribution >= 4 is 29.3 Å². The fraction of sp³-hybridized carbons (Fsp3) is 0.174. The maximum Gasteiger partial charge on any atom is 0.308 e. The number of thioether (sulfide) groups is 1. The number of benzene rings is 2. The van der Waals surface area contributed by atoms with Gasteiger partial charge in [0.15, 0.2) is 0 Å². The summed E-state index contributed by atoms with van der Waals surface area (Å²) in [6, 6.07) is 14.0. The smallest absolute Gasteiger partial charge is 0.308 e. The van der Waals surface area contributed by atoms with Crippen molar-refractivity contribution in [2.24, 2.45) is 0 Å². The molecule has 0 aliphatic carbocycles. The summed E-state index contributed by atoms with van der Waals surface area (Å²) in [5.74, 6) is -0.426. The summed E-state index contributed by atoms with van der Waals surface area (Å²) in [6.07, 6.45) is 0.833. The van der Waals surface area contributed by atoms with Crippen molar-refractivity contribution < 1.29 is 24.1 Å². The molecular formula is C23H20N4O4S. The number of hydrogen-bond acceptors (Lipinski definition) is 7. The van der Waals surface area contributed by atoms with Crippen LogP contribution in [0, 0.1) is 0 Å². The number of ether oxygens (including phenoxy) is 1. The molecule has 1 aliphatic heterocycles. The van der Waals surface area contributed by atoms with Crippen LogP contribution in [0.5, 0.6) is 11.6 Å². The normalized spacial score (nSPS) is 14.3.